The first-order valence-electron chi connectivity index (χ1n) is 25.4. The van der Waals surface area contributed by atoms with Gasteiger partial charge in [0.05, 0.1) is 0 Å². The molecule has 3 nitrogen and oxygen atoms in total. The van der Waals surface area contributed by atoms with Gasteiger partial charge >= 0.3 is 0 Å². The number of para-hydroxylation sites is 3. The molecular formula is C69H51NO2. The first-order chi connectivity index (χ1) is 35.0. The number of furan rings is 2. The van der Waals surface area contributed by atoms with E-state index in [0.717, 1.165) is 55.9 Å². The SMILES string of the molecule is CC1(C)c2cc(N(c3ccccc3)c3ccc4c(c3)C(C)(C)c3cc(-c5cccc(-c6ccccc6)c5)c5oc6ccccc6c5c3-4)ccc2-c2cc3c(cc21)-c1c(ccc2oc4ccccc4c12)C3(C)C. The first-order valence-corrected chi connectivity index (χ1v) is 25.4. The van der Waals surface area contributed by atoms with Gasteiger partial charge in [-0.05, 0) is 162 Å². The Kier molecular flexibility index (Phi) is 8.26. The number of rotatable bonds is 5. The van der Waals surface area contributed by atoms with Gasteiger partial charge in [0.2, 0.25) is 0 Å². The number of hydrogen-bond donors (Lipinski definition) is 0. The van der Waals surface area contributed by atoms with Gasteiger partial charge in [-0.15, -0.1) is 0 Å². The molecule has 10 aromatic carbocycles. The molecule has 0 saturated heterocycles. The van der Waals surface area contributed by atoms with Crippen LogP contribution in [0.5, 0.6) is 0 Å². The Hall–Kier alpha value is -8.40. The van der Waals surface area contributed by atoms with E-state index in [0.29, 0.717) is 0 Å². The van der Waals surface area contributed by atoms with E-state index in [1.54, 1.807) is 0 Å². The van der Waals surface area contributed by atoms with Gasteiger partial charge in [-0.3, -0.25) is 0 Å². The van der Waals surface area contributed by atoms with Gasteiger partial charge in [0.25, 0.3) is 0 Å². The van der Waals surface area contributed by atoms with Crippen LogP contribution < -0.4 is 4.90 Å². The average molecular weight is 926 g/mol. The third-order valence-electron chi connectivity index (χ3n) is 17.0. The summed E-state index contributed by atoms with van der Waals surface area (Å²) in [4.78, 5) is 2.46. The van der Waals surface area contributed by atoms with Crippen molar-refractivity contribution < 1.29 is 8.83 Å². The molecule has 2 heterocycles. The van der Waals surface area contributed by atoms with Crippen molar-refractivity contribution in [2.45, 2.75) is 57.8 Å². The van der Waals surface area contributed by atoms with Crippen LogP contribution in [-0.2, 0) is 16.2 Å². The molecule has 3 aliphatic carbocycles. The van der Waals surface area contributed by atoms with E-state index >= 15 is 0 Å². The molecule has 3 heteroatoms. The third kappa shape index (κ3) is 5.51. The van der Waals surface area contributed by atoms with E-state index in [2.05, 4.69) is 247 Å². The van der Waals surface area contributed by atoms with Crippen LogP contribution in [0.2, 0.25) is 0 Å². The van der Waals surface area contributed by atoms with E-state index in [-0.39, 0.29) is 16.2 Å². The Morgan fingerprint density at radius 2 is 0.833 bits per heavy atom. The highest BCUT2D eigenvalue weighted by molar-refractivity contribution is 6.19. The first kappa shape index (κ1) is 41.4. The van der Waals surface area contributed by atoms with Gasteiger partial charge in [0.15, 0.2) is 0 Å². The summed E-state index contributed by atoms with van der Waals surface area (Å²) < 4.78 is 13.4. The quantitative estimate of drug-likeness (QED) is 0.172. The standard InChI is InChI=1S/C69H51NO2/c1-67(2)53-32-33-61-64(48-24-13-15-26-59(48)71-61)63(53)52-39-56-51(38-57(52)67)46-30-28-44(35-54(46)68(56,3)4)70(43-22-11-8-12-23-43)45-29-31-47-55(36-45)69(5,6)58-37-50(42-21-17-20-41(34-42)40-18-9-7-10-19-40)66-65(62(47)58)49-25-14-16-27-60(49)72-66/h7-39H,1-6H3. The predicted octanol–water partition coefficient (Wildman–Crippen LogP) is 19.2. The molecule has 72 heavy (non-hydrogen) atoms. The molecule has 0 aliphatic heterocycles. The molecule has 0 bridgehead atoms. The summed E-state index contributed by atoms with van der Waals surface area (Å²) in [5.41, 5.74) is 26.9. The normalized spacial score (nSPS) is 15.1. The maximum absolute atomic E-state index is 6.91. The number of hydrogen-bond acceptors (Lipinski definition) is 3. The molecule has 0 N–H and O–H groups in total. The molecule has 0 fully saturated rings. The second kappa shape index (κ2) is 14.4. The minimum Gasteiger partial charge on any atom is -0.456 e. The van der Waals surface area contributed by atoms with E-state index in [4.69, 9.17) is 8.83 Å². The van der Waals surface area contributed by atoms with Crippen molar-refractivity contribution in [2.24, 2.45) is 0 Å². The molecule has 0 amide bonds. The largest absolute Gasteiger partial charge is 0.456 e. The lowest BCUT2D eigenvalue weighted by molar-refractivity contribution is 0.651. The van der Waals surface area contributed by atoms with Crippen molar-refractivity contribution in [2.75, 3.05) is 4.90 Å². The number of nitrogens with zero attached hydrogens (tertiary/aromatic N) is 1. The van der Waals surface area contributed by atoms with E-state index in [1.807, 2.05) is 0 Å². The van der Waals surface area contributed by atoms with Crippen LogP contribution in [0.1, 0.15) is 74.9 Å². The van der Waals surface area contributed by atoms with Crippen molar-refractivity contribution in [1.82, 2.24) is 0 Å². The zero-order chi connectivity index (χ0) is 48.4. The van der Waals surface area contributed by atoms with Crippen molar-refractivity contribution in [3.8, 4) is 55.6 Å². The van der Waals surface area contributed by atoms with Crippen LogP contribution in [0.3, 0.4) is 0 Å². The predicted molar refractivity (Wildman–Crippen MR) is 299 cm³/mol. The van der Waals surface area contributed by atoms with E-state index < -0.39 is 0 Å². The fraction of sp³-hybridized carbons (Fsp3) is 0.130. The van der Waals surface area contributed by atoms with Gasteiger partial charge in [0, 0.05) is 60.4 Å². The number of anilines is 3. The summed E-state index contributed by atoms with van der Waals surface area (Å²) >= 11 is 0. The third-order valence-corrected chi connectivity index (χ3v) is 17.0. The Bertz CT molecular complexity index is 4300. The van der Waals surface area contributed by atoms with Crippen LogP contribution in [-0.4, -0.2) is 0 Å². The molecule has 0 atom stereocenters. The summed E-state index contributed by atoms with van der Waals surface area (Å²) in [7, 11) is 0. The number of fused-ring (bicyclic) bond motifs is 17. The molecular weight excluding hydrogens is 875 g/mol. The Labute approximate surface area is 419 Å². The minimum absolute atomic E-state index is 0.171. The molecule has 12 aromatic rings. The Morgan fingerprint density at radius 3 is 1.58 bits per heavy atom. The lowest BCUT2D eigenvalue weighted by Gasteiger charge is -2.29. The van der Waals surface area contributed by atoms with Crippen molar-refractivity contribution >= 4 is 60.9 Å². The van der Waals surface area contributed by atoms with Crippen molar-refractivity contribution in [3.05, 3.63) is 234 Å². The van der Waals surface area contributed by atoms with Crippen LogP contribution in [0.25, 0.3) is 99.5 Å². The highest BCUT2D eigenvalue weighted by Crippen LogP contribution is 2.60. The van der Waals surface area contributed by atoms with Crippen LogP contribution >= 0.6 is 0 Å². The van der Waals surface area contributed by atoms with E-state index in [1.165, 1.54) is 94.0 Å². The van der Waals surface area contributed by atoms with Crippen LogP contribution in [0.15, 0.2) is 209 Å². The molecule has 3 aliphatic rings. The fourth-order valence-corrected chi connectivity index (χ4v) is 13.4. The molecule has 0 spiro atoms. The average Bonchev–Trinajstić information content (AvgIpc) is 4.15. The second-order valence-electron chi connectivity index (χ2n) is 22.0. The summed E-state index contributed by atoms with van der Waals surface area (Å²) in [5, 5.41) is 4.73. The minimum atomic E-state index is -0.315. The highest BCUT2D eigenvalue weighted by atomic mass is 16.3. The zero-order valence-corrected chi connectivity index (χ0v) is 41.3. The van der Waals surface area contributed by atoms with E-state index in [9.17, 15) is 0 Å². The zero-order valence-electron chi connectivity index (χ0n) is 41.3. The van der Waals surface area contributed by atoms with Crippen LogP contribution in [0, 0.1) is 0 Å². The molecule has 344 valence electrons. The maximum atomic E-state index is 6.91. The summed E-state index contributed by atoms with van der Waals surface area (Å²) in [6.45, 7) is 14.4. The van der Waals surface area contributed by atoms with Crippen LogP contribution in [0.4, 0.5) is 17.1 Å². The van der Waals surface area contributed by atoms with Crippen molar-refractivity contribution in [1.29, 1.82) is 0 Å². The van der Waals surface area contributed by atoms with Gasteiger partial charge < -0.3 is 13.7 Å². The molecule has 15 rings (SSSR count). The Morgan fingerprint density at radius 1 is 0.306 bits per heavy atom. The Balaban J connectivity index is 0.875. The lowest BCUT2D eigenvalue weighted by atomic mass is 9.79. The topological polar surface area (TPSA) is 29.5 Å². The maximum Gasteiger partial charge on any atom is 0.143 e. The monoisotopic (exact) mass is 925 g/mol. The lowest BCUT2D eigenvalue weighted by Crippen LogP contribution is -2.18. The molecule has 0 unspecified atom stereocenters. The van der Waals surface area contributed by atoms with Gasteiger partial charge in [-0.25, -0.2) is 0 Å². The molecule has 0 saturated carbocycles. The van der Waals surface area contributed by atoms with Gasteiger partial charge in [-0.2, -0.15) is 0 Å². The summed E-state index contributed by atoms with van der Waals surface area (Å²) in [5.74, 6) is 0. The van der Waals surface area contributed by atoms with Gasteiger partial charge in [-0.1, -0.05) is 163 Å². The summed E-state index contributed by atoms with van der Waals surface area (Å²) in [6, 6.07) is 73.8. The molecule has 0 radical (unpaired) electrons. The summed E-state index contributed by atoms with van der Waals surface area (Å²) in [6.07, 6.45) is 0. The van der Waals surface area contributed by atoms with Gasteiger partial charge in [0.1, 0.15) is 22.3 Å². The molecule has 2 aromatic heterocycles. The van der Waals surface area contributed by atoms with Crippen molar-refractivity contribution in [3.63, 3.8) is 0 Å². The fourth-order valence-electron chi connectivity index (χ4n) is 13.4. The highest BCUT2D eigenvalue weighted by Gasteiger charge is 2.44. The second-order valence-corrected chi connectivity index (χ2v) is 22.0. The smallest absolute Gasteiger partial charge is 0.143 e. The number of benzene rings is 10.